The van der Waals surface area contributed by atoms with E-state index in [9.17, 15) is 0 Å². The number of fused-ring (bicyclic) bond motifs is 12. The van der Waals surface area contributed by atoms with Crippen molar-refractivity contribution in [2.75, 3.05) is 0 Å². The summed E-state index contributed by atoms with van der Waals surface area (Å²) >= 11 is 0. The Morgan fingerprint density at radius 2 is 0.823 bits per heavy atom. The van der Waals surface area contributed by atoms with E-state index in [2.05, 4.69) is 228 Å². The first-order valence-electron chi connectivity index (χ1n) is 21.5. The number of nitrogens with zero attached hydrogens (tertiary/aromatic N) is 2. The molecule has 0 aliphatic heterocycles. The Morgan fingerprint density at radius 3 is 1.65 bits per heavy atom. The van der Waals surface area contributed by atoms with Crippen LogP contribution in [0.1, 0.15) is 0 Å². The van der Waals surface area contributed by atoms with Crippen molar-refractivity contribution in [2.24, 2.45) is 0 Å². The highest BCUT2D eigenvalue weighted by molar-refractivity contribution is 6.20. The molecule has 1 aliphatic rings. The van der Waals surface area contributed by atoms with E-state index in [1.165, 1.54) is 126 Å². The third kappa shape index (κ3) is 4.69. The van der Waals surface area contributed by atoms with Crippen molar-refractivity contribution in [1.82, 2.24) is 9.13 Å². The second-order valence-corrected chi connectivity index (χ2v) is 16.9. The van der Waals surface area contributed by atoms with Gasteiger partial charge in [0.2, 0.25) is 0 Å². The van der Waals surface area contributed by atoms with Gasteiger partial charge in [0.1, 0.15) is 0 Å². The lowest BCUT2D eigenvalue weighted by Crippen LogP contribution is -1.95. The lowest BCUT2D eigenvalue weighted by atomic mass is 9.97. The molecule has 0 saturated heterocycles. The molecule has 0 amide bonds. The minimum Gasteiger partial charge on any atom is -0.309 e. The average molecular weight is 785 g/mol. The van der Waals surface area contributed by atoms with Gasteiger partial charge in [0.25, 0.3) is 0 Å². The van der Waals surface area contributed by atoms with Gasteiger partial charge in [0, 0.05) is 38.0 Å². The smallest absolute Gasteiger partial charge is 0.0619 e. The second kappa shape index (κ2) is 12.7. The molecule has 0 bridgehead atoms. The van der Waals surface area contributed by atoms with E-state index >= 15 is 0 Å². The fourth-order valence-electron chi connectivity index (χ4n) is 10.8. The van der Waals surface area contributed by atoms with Crippen molar-refractivity contribution in [3.05, 3.63) is 218 Å². The predicted molar refractivity (Wildman–Crippen MR) is 263 cm³/mol. The maximum absolute atomic E-state index is 2.49. The van der Waals surface area contributed by atoms with Crippen LogP contribution in [0.25, 0.3) is 132 Å². The topological polar surface area (TPSA) is 9.86 Å². The highest BCUT2D eigenvalue weighted by atomic mass is 15.0. The molecule has 2 nitrogen and oxygen atoms in total. The summed E-state index contributed by atoms with van der Waals surface area (Å²) in [5.74, 6) is 0. The minimum atomic E-state index is 1.15. The number of hydrogen-bond donors (Lipinski definition) is 0. The van der Waals surface area contributed by atoms with Crippen molar-refractivity contribution in [3.63, 3.8) is 0 Å². The Balaban J connectivity index is 0.941. The summed E-state index contributed by atoms with van der Waals surface area (Å²) in [5.41, 5.74) is 17.3. The summed E-state index contributed by atoms with van der Waals surface area (Å²) in [4.78, 5) is 0. The zero-order valence-corrected chi connectivity index (χ0v) is 33.7. The molecule has 2 heterocycles. The van der Waals surface area contributed by atoms with Crippen LogP contribution in [0.4, 0.5) is 0 Å². The van der Waals surface area contributed by atoms with Gasteiger partial charge in [-0.1, -0.05) is 164 Å². The van der Waals surface area contributed by atoms with Crippen LogP contribution in [0.2, 0.25) is 0 Å². The lowest BCUT2D eigenvalue weighted by molar-refractivity contribution is 1.19. The van der Waals surface area contributed by atoms with Crippen molar-refractivity contribution in [1.29, 1.82) is 0 Å². The van der Waals surface area contributed by atoms with Crippen LogP contribution in [0.5, 0.6) is 0 Å². The van der Waals surface area contributed by atoms with Gasteiger partial charge in [-0.25, -0.2) is 0 Å². The van der Waals surface area contributed by atoms with Crippen LogP contribution in [-0.4, -0.2) is 9.13 Å². The zero-order chi connectivity index (χ0) is 40.5. The van der Waals surface area contributed by atoms with E-state index in [1.54, 1.807) is 0 Å². The number of hydrogen-bond acceptors (Lipinski definition) is 0. The number of rotatable bonds is 4. The molecule has 0 spiro atoms. The van der Waals surface area contributed by atoms with Gasteiger partial charge in [0.05, 0.1) is 27.8 Å². The third-order valence-corrected chi connectivity index (χ3v) is 13.6. The Bertz CT molecular complexity index is 4040. The lowest BCUT2D eigenvalue weighted by Gasteiger charge is -2.13. The minimum absolute atomic E-state index is 1.15. The molecular weight excluding hydrogens is 749 g/mol. The summed E-state index contributed by atoms with van der Waals surface area (Å²) in [6.07, 6.45) is 0. The molecule has 2 aromatic heterocycles. The van der Waals surface area contributed by atoms with Crippen LogP contribution >= 0.6 is 0 Å². The Morgan fingerprint density at radius 1 is 0.258 bits per heavy atom. The second-order valence-electron chi connectivity index (χ2n) is 16.9. The highest BCUT2D eigenvalue weighted by Gasteiger charge is 2.22. The fourth-order valence-corrected chi connectivity index (χ4v) is 10.8. The molecule has 14 rings (SSSR count). The molecule has 0 N–H and O–H groups in total. The van der Waals surface area contributed by atoms with E-state index < -0.39 is 0 Å². The van der Waals surface area contributed by atoms with Gasteiger partial charge in [-0.15, -0.1) is 0 Å². The molecule has 286 valence electrons. The van der Waals surface area contributed by atoms with E-state index in [0.717, 1.165) is 5.69 Å². The van der Waals surface area contributed by atoms with Gasteiger partial charge < -0.3 is 9.13 Å². The van der Waals surface area contributed by atoms with E-state index in [0.29, 0.717) is 0 Å². The Labute approximate surface area is 357 Å². The normalized spacial score (nSPS) is 12.2. The Kier molecular flexibility index (Phi) is 6.86. The van der Waals surface area contributed by atoms with Crippen LogP contribution in [0, 0.1) is 0 Å². The van der Waals surface area contributed by atoms with Crippen molar-refractivity contribution in [2.45, 2.75) is 0 Å². The van der Waals surface area contributed by atoms with Gasteiger partial charge in [-0.3, -0.25) is 0 Å². The van der Waals surface area contributed by atoms with E-state index in [-0.39, 0.29) is 0 Å². The molecule has 1 aliphatic carbocycles. The zero-order valence-electron chi connectivity index (χ0n) is 33.7. The summed E-state index contributed by atoms with van der Waals surface area (Å²) in [5, 5.41) is 12.6. The van der Waals surface area contributed by atoms with E-state index in [1.807, 2.05) is 0 Å². The van der Waals surface area contributed by atoms with Gasteiger partial charge in [-0.05, 0) is 121 Å². The summed E-state index contributed by atoms with van der Waals surface area (Å²) in [6.45, 7) is 0. The molecular formula is C60H36N2. The van der Waals surface area contributed by atoms with Crippen molar-refractivity contribution >= 4 is 75.9 Å². The first-order chi connectivity index (χ1) is 30.7. The van der Waals surface area contributed by atoms with Crippen LogP contribution < -0.4 is 0 Å². The number of para-hydroxylation sites is 1. The molecule has 0 radical (unpaired) electrons. The molecule has 11 aromatic carbocycles. The first-order valence-corrected chi connectivity index (χ1v) is 21.5. The third-order valence-electron chi connectivity index (χ3n) is 13.6. The average Bonchev–Trinajstić information content (AvgIpc) is 3.97. The number of aromatic nitrogens is 2. The van der Waals surface area contributed by atoms with Crippen LogP contribution in [-0.2, 0) is 0 Å². The Hall–Kier alpha value is -8.20. The van der Waals surface area contributed by atoms with Crippen LogP contribution in [0.15, 0.2) is 218 Å². The molecule has 0 unspecified atom stereocenters. The molecule has 62 heavy (non-hydrogen) atoms. The SMILES string of the molecule is c1cc(-c2ccc3c(c2)-c2cccc4cccc-3c24)cc(-n2c3ccc(-c4ccc5c(c4)c4ccccc4n5-c4cccc5ccccc45)cc3c3ccc4ccccc4c32)c1. The molecule has 13 aromatic rings. The summed E-state index contributed by atoms with van der Waals surface area (Å²) in [6, 6.07) is 81.1. The fraction of sp³-hybridized carbons (Fsp3) is 0. The molecule has 2 heteroatoms. The maximum Gasteiger partial charge on any atom is 0.0619 e. The van der Waals surface area contributed by atoms with Crippen molar-refractivity contribution in [3.8, 4) is 55.9 Å². The van der Waals surface area contributed by atoms with Crippen molar-refractivity contribution < 1.29 is 0 Å². The maximum atomic E-state index is 2.49. The molecule has 0 saturated carbocycles. The first kappa shape index (κ1) is 33.6. The van der Waals surface area contributed by atoms with Crippen LogP contribution in [0.3, 0.4) is 0 Å². The molecule has 0 fully saturated rings. The summed E-state index contributed by atoms with van der Waals surface area (Å²) in [7, 11) is 0. The highest BCUT2D eigenvalue weighted by Crippen LogP contribution is 2.49. The van der Waals surface area contributed by atoms with Gasteiger partial charge >= 0.3 is 0 Å². The summed E-state index contributed by atoms with van der Waals surface area (Å²) < 4.78 is 4.93. The van der Waals surface area contributed by atoms with Gasteiger partial charge in [0.15, 0.2) is 0 Å². The standard InChI is InChI=1S/C60H36N2/c1-3-18-45-37(11-1)13-10-24-55(45)62-56-23-6-5-20-48(56)53-35-42(28-32-58(53)62)43-27-31-57-54(36-43)51-30-25-38-12-2-4-19-46(38)60(51)61(57)44-17-7-16-40(33-44)41-26-29-47-49-21-8-14-39-15-9-22-50(59(39)49)52(47)34-41/h1-36H. The molecule has 0 atom stereocenters. The number of benzene rings is 11. The van der Waals surface area contributed by atoms with Gasteiger partial charge in [-0.2, -0.15) is 0 Å². The monoisotopic (exact) mass is 784 g/mol. The predicted octanol–water partition coefficient (Wildman–Crippen LogP) is 16.3. The quantitative estimate of drug-likeness (QED) is 0.168. The largest absolute Gasteiger partial charge is 0.309 e. The van der Waals surface area contributed by atoms with E-state index in [4.69, 9.17) is 0 Å².